The molecule has 0 aliphatic heterocycles. The molecule has 0 aromatic heterocycles. The molecule has 3 N–H and O–H groups in total. The van der Waals surface area contributed by atoms with Crippen molar-refractivity contribution in [1.29, 1.82) is 5.41 Å². The maximum atomic E-state index is 12.6. The van der Waals surface area contributed by atoms with E-state index < -0.39 is 11.4 Å². The van der Waals surface area contributed by atoms with Crippen molar-refractivity contribution >= 4 is 41.0 Å². The number of alkyl halides is 1. The molecule has 2 aromatic rings. The van der Waals surface area contributed by atoms with Gasteiger partial charge in [0.05, 0.1) is 7.11 Å². The molecule has 0 spiro atoms. The molecule has 2 atom stereocenters. The molecule has 2 unspecified atom stereocenters. The Morgan fingerprint density at radius 2 is 1.62 bits per heavy atom. The highest BCUT2D eigenvalue weighted by Crippen LogP contribution is 2.39. The number of anilines is 1. The number of rotatable bonds is 18. The van der Waals surface area contributed by atoms with Gasteiger partial charge in [-0.1, -0.05) is 100 Å². The van der Waals surface area contributed by atoms with Crippen LogP contribution in [0.1, 0.15) is 88.7 Å². The van der Waals surface area contributed by atoms with Crippen molar-refractivity contribution in [3.63, 3.8) is 0 Å². The zero-order chi connectivity index (χ0) is 27.1. The van der Waals surface area contributed by atoms with Crippen molar-refractivity contribution in [2.75, 3.05) is 12.4 Å². The lowest BCUT2D eigenvalue weighted by Gasteiger charge is -2.32. The number of hydrogen-bond donors (Lipinski definition) is 3. The largest absolute Gasteiger partial charge is 0.497 e. The molecule has 2 aromatic carbocycles. The number of benzene rings is 2. The first-order valence-corrected chi connectivity index (χ1v) is 13.9. The van der Waals surface area contributed by atoms with E-state index in [2.05, 4.69) is 12.2 Å². The molecule has 2 rings (SSSR count). The monoisotopic (exact) mass is 550 g/mol. The van der Waals surface area contributed by atoms with Crippen LogP contribution in [0.2, 0.25) is 5.02 Å². The molecule has 6 nitrogen and oxygen atoms in total. The van der Waals surface area contributed by atoms with E-state index in [1.807, 2.05) is 0 Å². The van der Waals surface area contributed by atoms with Gasteiger partial charge in [0.1, 0.15) is 5.75 Å². The third kappa shape index (κ3) is 9.93. The summed E-state index contributed by atoms with van der Waals surface area (Å²) in [5.41, 5.74) is -0.185. The molecule has 0 saturated heterocycles. The van der Waals surface area contributed by atoms with E-state index in [0.29, 0.717) is 34.0 Å². The molecule has 0 radical (unpaired) electrons. The fourth-order valence-electron chi connectivity index (χ4n) is 4.36. The Labute approximate surface area is 231 Å². The van der Waals surface area contributed by atoms with Crippen molar-refractivity contribution in [1.82, 2.24) is 0 Å². The van der Waals surface area contributed by atoms with Crippen LogP contribution in [0.3, 0.4) is 0 Å². The van der Waals surface area contributed by atoms with E-state index in [-0.39, 0.29) is 5.91 Å². The average molecular weight is 552 g/mol. The number of aliphatic hydroxyl groups excluding tert-OH is 1. The first-order valence-electron chi connectivity index (χ1n) is 13.1. The summed E-state index contributed by atoms with van der Waals surface area (Å²) < 4.78 is 10.9. The van der Waals surface area contributed by atoms with E-state index in [4.69, 9.17) is 38.1 Å². The summed E-state index contributed by atoms with van der Waals surface area (Å²) in [5.74, 6) is -1.17. The maximum Gasteiger partial charge on any atom is 0.236 e. The van der Waals surface area contributed by atoms with E-state index in [9.17, 15) is 9.90 Å². The van der Waals surface area contributed by atoms with Crippen LogP contribution in [0.4, 0.5) is 5.69 Å². The number of unbranched alkanes of at least 4 members (excludes halogenated alkanes) is 9. The second-order valence-electron chi connectivity index (χ2n) is 9.19. The van der Waals surface area contributed by atoms with Crippen molar-refractivity contribution in [2.24, 2.45) is 0 Å². The second-order valence-corrected chi connectivity index (χ2v) is 9.97. The van der Waals surface area contributed by atoms with Gasteiger partial charge in [-0.2, -0.15) is 0 Å². The van der Waals surface area contributed by atoms with Crippen molar-refractivity contribution in [3.8, 4) is 5.75 Å². The number of nitrogens with one attached hydrogen (secondary N) is 2. The van der Waals surface area contributed by atoms with Crippen LogP contribution in [-0.4, -0.2) is 30.1 Å². The van der Waals surface area contributed by atoms with Gasteiger partial charge in [0, 0.05) is 28.9 Å². The van der Waals surface area contributed by atoms with Gasteiger partial charge < -0.3 is 25.3 Å². The predicted octanol–water partition coefficient (Wildman–Crippen LogP) is 8.02. The minimum absolute atomic E-state index is 0.0870. The van der Waals surface area contributed by atoms with Gasteiger partial charge in [-0.15, -0.1) is 0 Å². The average Bonchev–Trinajstić information content (AvgIpc) is 2.89. The van der Waals surface area contributed by atoms with E-state index >= 15 is 0 Å². The lowest BCUT2D eigenvalue weighted by Crippen LogP contribution is -2.36. The molecule has 1 amide bonds. The molecule has 0 heterocycles. The van der Waals surface area contributed by atoms with E-state index in [1.54, 1.807) is 49.6 Å². The fraction of sp³-hybridized carbons (Fsp3) is 0.517. The summed E-state index contributed by atoms with van der Waals surface area (Å²) >= 11 is 12.3. The highest BCUT2D eigenvalue weighted by Gasteiger charge is 2.38. The Morgan fingerprint density at radius 3 is 2.16 bits per heavy atom. The molecule has 0 aliphatic rings. The number of hydrogen-bond acceptors (Lipinski definition) is 5. The lowest BCUT2D eigenvalue weighted by molar-refractivity contribution is -0.116. The Hall–Kier alpha value is -2.12. The Morgan fingerprint density at radius 1 is 1.03 bits per heavy atom. The lowest BCUT2D eigenvalue weighted by atomic mass is 9.86. The zero-order valence-corrected chi connectivity index (χ0v) is 23.4. The predicted molar refractivity (Wildman–Crippen MR) is 152 cm³/mol. The highest BCUT2D eigenvalue weighted by molar-refractivity contribution is 6.32. The maximum absolute atomic E-state index is 12.6. The SMILES string of the molecule is CCCCCCCCCCCCC(=O)Nc1ccc(Cl)c(C(C=N)(OC(O)Cl)c2ccc(OC)cc2)c1. The number of carbonyl (C=O) groups is 1. The third-order valence-corrected chi connectivity index (χ3v) is 6.83. The number of halogens is 2. The van der Waals surface area contributed by atoms with Crippen LogP contribution in [0.5, 0.6) is 5.75 Å². The molecule has 0 saturated carbocycles. The van der Waals surface area contributed by atoms with E-state index in [0.717, 1.165) is 25.5 Å². The number of methoxy groups -OCH3 is 1. The Kier molecular flexibility index (Phi) is 14.0. The summed E-state index contributed by atoms with van der Waals surface area (Å²) in [6, 6.07) is 11.8. The number of amides is 1. The van der Waals surface area contributed by atoms with Crippen LogP contribution in [0, 0.1) is 5.41 Å². The highest BCUT2D eigenvalue weighted by atomic mass is 35.5. The van der Waals surface area contributed by atoms with Crippen LogP contribution in [0.15, 0.2) is 42.5 Å². The molecule has 0 aliphatic carbocycles. The Balaban J connectivity index is 2.02. The minimum atomic E-state index is -1.70. The fourth-order valence-corrected chi connectivity index (χ4v) is 4.76. The molecular weight excluding hydrogens is 511 g/mol. The van der Waals surface area contributed by atoms with Gasteiger partial charge in [0.2, 0.25) is 11.7 Å². The normalized spacial score (nSPS) is 13.5. The van der Waals surface area contributed by atoms with Gasteiger partial charge in [-0.25, -0.2) is 0 Å². The quantitative estimate of drug-likeness (QED) is 0.0757. The molecule has 0 fully saturated rings. The summed E-state index contributed by atoms with van der Waals surface area (Å²) in [6.07, 6.45) is 13.5. The summed E-state index contributed by atoms with van der Waals surface area (Å²) in [5, 5.41) is 21.3. The molecule has 37 heavy (non-hydrogen) atoms. The molecular formula is C29H40Cl2N2O4. The first kappa shape index (κ1) is 31.1. The third-order valence-electron chi connectivity index (χ3n) is 6.41. The first-order chi connectivity index (χ1) is 17.9. The number of ether oxygens (including phenoxy) is 2. The number of aliphatic hydroxyl groups is 1. The van der Waals surface area contributed by atoms with Crippen LogP contribution in [-0.2, 0) is 15.1 Å². The summed E-state index contributed by atoms with van der Waals surface area (Å²) in [4.78, 5) is 12.6. The van der Waals surface area contributed by atoms with Gasteiger partial charge >= 0.3 is 0 Å². The second kappa shape index (κ2) is 16.7. The molecule has 8 heteroatoms. The van der Waals surface area contributed by atoms with Crippen molar-refractivity contribution in [2.45, 2.75) is 88.9 Å². The standard InChI is InChI=1S/C29H40Cl2N2O4/c1-3-4-5-6-7-8-9-10-11-12-13-27(34)33-23-16-19-26(30)25(20-23)29(21-32,37-28(31)35)22-14-17-24(36-2)18-15-22/h14-21,28,32,35H,3-13H2,1-2H3,(H,33,34). The van der Waals surface area contributed by atoms with Crippen LogP contribution < -0.4 is 10.1 Å². The van der Waals surface area contributed by atoms with Crippen LogP contribution in [0.25, 0.3) is 0 Å². The topological polar surface area (TPSA) is 91.6 Å². The van der Waals surface area contributed by atoms with Crippen LogP contribution >= 0.6 is 23.2 Å². The zero-order valence-electron chi connectivity index (χ0n) is 21.9. The summed E-state index contributed by atoms with van der Waals surface area (Å²) in [6.45, 7) is 2.23. The minimum Gasteiger partial charge on any atom is -0.497 e. The van der Waals surface area contributed by atoms with Crippen molar-refractivity contribution < 1.29 is 19.4 Å². The van der Waals surface area contributed by atoms with Crippen molar-refractivity contribution in [3.05, 3.63) is 58.6 Å². The van der Waals surface area contributed by atoms with Gasteiger partial charge in [0.15, 0.2) is 5.60 Å². The smallest absolute Gasteiger partial charge is 0.236 e. The Bertz CT molecular complexity index is 969. The van der Waals surface area contributed by atoms with Gasteiger partial charge in [0.25, 0.3) is 0 Å². The number of carbonyl (C=O) groups excluding carboxylic acids is 1. The van der Waals surface area contributed by atoms with Gasteiger partial charge in [-0.3, -0.25) is 4.79 Å². The van der Waals surface area contributed by atoms with Gasteiger partial charge in [-0.05, 0) is 42.3 Å². The van der Waals surface area contributed by atoms with E-state index in [1.165, 1.54) is 44.9 Å². The molecule has 204 valence electrons. The summed E-state index contributed by atoms with van der Waals surface area (Å²) in [7, 11) is 1.55. The molecule has 0 bridgehead atoms.